The number of carboxylic acid groups (broad SMARTS) is 1. The fraction of sp³-hybridized carbons (Fsp3) is 0.238. The number of nitrogens with zero attached hydrogens (tertiary/aromatic N) is 3. The highest BCUT2D eigenvalue weighted by Crippen LogP contribution is 2.33. The van der Waals surface area contributed by atoms with Crippen molar-refractivity contribution in [2.45, 2.75) is 25.6 Å². The van der Waals surface area contributed by atoms with Crippen LogP contribution in [0, 0.1) is 0 Å². The summed E-state index contributed by atoms with van der Waals surface area (Å²) in [6.45, 7) is 0.459. The fourth-order valence-electron chi connectivity index (χ4n) is 3.41. The van der Waals surface area contributed by atoms with Gasteiger partial charge in [0.1, 0.15) is 5.75 Å². The first-order chi connectivity index (χ1) is 15.2. The Hall–Kier alpha value is -3.89. The van der Waals surface area contributed by atoms with Gasteiger partial charge in [-0.2, -0.15) is 4.98 Å². The zero-order valence-electron chi connectivity index (χ0n) is 16.4. The second-order valence-electron chi connectivity index (χ2n) is 7.03. The van der Waals surface area contributed by atoms with E-state index in [9.17, 15) is 22.8 Å². The van der Waals surface area contributed by atoms with Gasteiger partial charge in [0.25, 0.3) is 5.89 Å². The van der Waals surface area contributed by atoms with E-state index in [1.807, 2.05) is 6.07 Å². The van der Waals surface area contributed by atoms with Crippen molar-refractivity contribution in [2.24, 2.45) is 0 Å². The van der Waals surface area contributed by atoms with Gasteiger partial charge >= 0.3 is 12.3 Å². The molecule has 1 N–H and O–H groups in total. The maximum Gasteiger partial charge on any atom is 0.573 e. The number of carbonyl (C=O) groups excluding carboxylic acids is 1. The summed E-state index contributed by atoms with van der Waals surface area (Å²) < 4.78 is 45.9. The molecule has 1 aromatic heterocycles. The fourth-order valence-corrected chi connectivity index (χ4v) is 3.41. The van der Waals surface area contributed by atoms with E-state index in [2.05, 4.69) is 14.9 Å². The van der Waals surface area contributed by atoms with Crippen LogP contribution in [-0.4, -0.2) is 40.0 Å². The molecule has 0 aliphatic carbocycles. The first-order valence-corrected chi connectivity index (χ1v) is 9.55. The van der Waals surface area contributed by atoms with Crippen LogP contribution in [0.25, 0.3) is 22.8 Å². The van der Waals surface area contributed by atoms with Crippen molar-refractivity contribution in [2.75, 3.05) is 11.4 Å². The third kappa shape index (κ3) is 4.71. The smallest absolute Gasteiger partial charge is 0.481 e. The Morgan fingerprint density at radius 2 is 1.81 bits per heavy atom. The molecule has 0 radical (unpaired) electrons. The number of hydrogen-bond donors (Lipinski definition) is 1. The van der Waals surface area contributed by atoms with Crippen LogP contribution in [-0.2, 0) is 16.0 Å². The quantitative estimate of drug-likeness (QED) is 0.608. The minimum atomic E-state index is -4.77. The first kappa shape index (κ1) is 21.3. The standard InChI is InChI=1S/C21H16F3N3O5/c22-21(23,24)31-15-4-1-12(2-5-15)20-25-19(26-32-20)14-3-6-16-13(11-14)9-10-27(16)17(28)7-8-18(29)30/h1-6,11H,7-10H2,(H,29,30). The molecule has 0 saturated carbocycles. The molecule has 0 bridgehead atoms. The average Bonchev–Trinajstić information content (AvgIpc) is 3.38. The minimum absolute atomic E-state index is 0.0719. The lowest BCUT2D eigenvalue weighted by molar-refractivity contribution is -0.274. The summed E-state index contributed by atoms with van der Waals surface area (Å²) in [6.07, 6.45) is -4.47. The number of benzene rings is 2. The van der Waals surface area contributed by atoms with E-state index >= 15 is 0 Å². The van der Waals surface area contributed by atoms with Crippen molar-refractivity contribution in [3.8, 4) is 28.6 Å². The highest BCUT2D eigenvalue weighted by molar-refractivity contribution is 5.97. The number of alkyl halides is 3. The number of aromatic nitrogens is 2. The number of aliphatic carboxylic acids is 1. The molecule has 8 nitrogen and oxygen atoms in total. The lowest BCUT2D eigenvalue weighted by Crippen LogP contribution is -2.29. The van der Waals surface area contributed by atoms with Crippen LogP contribution in [0.2, 0.25) is 0 Å². The Balaban J connectivity index is 1.49. The SMILES string of the molecule is O=C(O)CCC(=O)N1CCc2cc(-c3noc(-c4ccc(OC(F)(F)F)cc4)n3)ccc21. The Labute approximate surface area is 179 Å². The van der Waals surface area contributed by atoms with Gasteiger partial charge in [-0.3, -0.25) is 9.59 Å². The molecule has 0 fully saturated rings. The molecule has 4 rings (SSSR count). The summed E-state index contributed by atoms with van der Waals surface area (Å²) in [5, 5.41) is 12.7. The van der Waals surface area contributed by atoms with Crippen molar-refractivity contribution in [3.05, 3.63) is 48.0 Å². The predicted molar refractivity (Wildman–Crippen MR) is 105 cm³/mol. The van der Waals surface area contributed by atoms with E-state index in [4.69, 9.17) is 9.63 Å². The molecule has 2 heterocycles. The van der Waals surface area contributed by atoms with E-state index in [1.54, 1.807) is 17.0 Å². The van der Waals surface area contributed by atoms with Gasteiger partial charge in [0.05, 0.1) is 6.42 Å². The van der Waals surface area contributed by atoms with Gasteiger partial charge in [0, 0.05) is 29.8 Å². The molecule has 166 valence electrons. The molecule has 11 heteroatoms. The number of rotatable bonds is 6. The third-order valence-electron chi connectivity index (χ3n) is 4.85. The zero-order chi connectivity index (χ0) is 22.9. The van der Waals surface area contributed by atoms with Crippen molar-refractivity contribution in [3.63, 3.8) is 0 Å². The number of ether oxygens (including phenoxy) is 1. The highest BCUT2D eigenvalue weighted by atomic mass is 19.4. The maximum absolute atomic E-state index is 12.3. The van der Waals surface area contributed by atoms with Gasteiger partial charge in [0.2, 0.25) is 11.7 Å². The second-order valence-corrected chi connectivity index (χ2v) is 7.03. The highest BCUT2D eigenvalue weighted by Gasteiger charge is 2.31. The van der Waals surface area contributed by atoms with Gasteiger partial charge in [-0.1, -0.05) is 5.16 Å². The largest absolute Gasteiger partial charge is 0.573 e. The normalized spacial score (nSPS) is 13.2. The van der Waals surface area contributed by atoms with Crippen molar-refractivity contribution in [1.82, 2.24) is 10.1 Å². The average molecular weight is 447 g/mol. The molecule has 1 aliphatic heterocycles. The molecule has 0 atom stereocenters. The summed E-state index contributed by atoms with van der Waals surface area (Å²) >= 11 is 0. The Kier molecular flexibility index (Phi) is 5.56. The van der Waals surface area contributed by atoms with Gasteiger partial charge in [-0.25, -0.2) is 0 Å². The Morgan fingerprint density at radius 3 is 2.50 bits per heavy atom. The number of amides is 1. The number of hydrogen-bond acceptors (Lipinski definition) is 6. The summed E-state index contributed by atoms with van der Waals surface area (Å²) in [5.74, 6) is -1.22. The van der Waals surface area contributed by atoms with Gasteiger partial charge in [-0.05, 0) is 54.4 Å². The van der Waals surface area contributed by atoms with Gasteiger partial charge in [0.15, 0.2) is 0 Å². The van der Waals surface area contributed by atoms with E-state index in [-0.39, 0.29) is 36.2 Å². The molecule has 0 unspecified atom stereocenters. The predicted octanol–water partition coefficient (Wildman–Crippen LogP) is 4.06. The van der Waals surface area contributed by atoms with Gasteiger partial charge in [-0.15, -0.1) is 13.2 Å². The van der Waals surface area contributed by atoms with E-state index in [1.165, 1.54) is 12.1 Å². The molecule has 0 spiro atoms. The number of fused-ring (bicyclic) bond motifs is 1. The number of anilines is 1. The van der Waals surface area contributed by atoms with Crippen LogP contribution in [0.15, 0.2) is 47.0 Å². The second kappa shape index (κ2) is 8.33. The molecule has 1 aliphatic rings. The summed E-state index contributed by atoms with van der Waals surface area (Å²) in [4.78, 5) is 28.8. The molecule has 3 aromatic rings. The molecular formula is C21H16F3N3O5. The van der Waals surface area contributed by atoms with Crippen LogP contribution >= 0.6 is 0 Å². The molecule has 0 saturated heterocycles. The van der Waals surface area contributed by atoms with Crippen LogP contribution < -0.4 is 9.64 Å². The summed E-state index contributed by atoms with van der Waals surface area (Å²) in [5.41, 5.74) is 2.68. The maximum atomic E-state index is 12.3. The monoisotopic (exact) mass is 447 g/mol. The lowest BCUT2D eigenvalue weighted by atomic mass is 10.1. The Bertz CT molecular complexity index is 1160. The third-order valence-corrected chi connectivity index (χ3v) is 4.85. The van der Waals surface area contributed by atoms with Crippen LogP contribution in [0.5, 0.6) is 5.75 Å². The molecule has 1 amide bonds. The van der Waals surface area contributed by atoms with Gasteiger partial charge < -0.3 is 19.3 Å². The molecule has 32 heavy (non-hydrogen) atoms. The van der Waals surface area contributed by atoms with Crippen LogP contribution in [0.1, 0.15) is 18.4 Å². The number of halogens is 3. The van der Waals surface area contributed by atoms with E-state index < -0.39 is 12.3 Å². The minimum Gasteiger partial charge on any atom is -0.481 e. The summed E-state index contributed by atoms with van der Waals surface area (Å²) in [6, 6.07) is 10.3. The van der Waals surface area contributed by atoms with Crippen LogP contribution in [0.4, 0.5) is 18.9 Å². The first-order valence-electron chi connectivity index (χ1n) is 9.55. The number of carbonyl (C=O) groups is 2. The molecule has 2 aromatic carbocycles. The zero-order valence-corrected chi connectivity index (χ0v) is 16.4. The summed E-state index contributed by atoms with van der Waals surface area (Å²) in [7, 11) is 0. The van der Waals surface area contributed by atoms with Crippen molar-refractivity contribution >= 4 is 17.6 Å². The van der Waals surface area contributed by atoms with Crippen LogP contribution in [0.3, 0.4) is 0 Å². The lowest BCUT2D eigenvalue weighted by Gasteiger charge is -2.16. The topological polar surface area (TPSA) is 106 Å². The Morgan fingerprint density at radius 1 is 1.09 bits per heavy atom. The van der Waals surface area contributed by atoms with E-state index in [0.717, 1.165) is 17.7 Å². The van der Waals surface area contributed by atoms with E-state index in [0.29, 0.717) is 29.8 Å². The van der Waals surface area contributed by atoms with Crippen molar-refractivity contribution < 1.29 is 37.1 Å². The molecular weight excluding hydrogens is 431 g/mol. The van der Waals surface area contributed by atoms with Crippen molar-refractivity contribution in [1.29, 1.82) is 0 Å². The number of carboxylic acids is 1.